The Morgan fingerprint density at radius 3 is 0.762 bits per heavy atom. The van der Waals surface area contributed by atoms with E-state index in [2.05, 4.69) is 0 Å². The number of quaternary nitrogens is 3. The van der Waals surface area contributed by atoms with Crippen molar-refractivity contribution < 1.29 is 84.3 Å². The molecule has 0 bridgehead atoms. The molecule has 0 aromatic rings. The predicted molar refractivity (Wildman–Crippen MR) is 224 cm³/mol. The fourth-order valence-corrected chi connectivity index (χ4v) is 12.2. The molecule has 0 spiro atoms. The van der Waals surface area contributed by atoms with Gasteiger partial charge in [0, 0.05) is 21.1 Å². The summed E-state index contributed by atoms with van der Waals surface area (Å²) in [6, 6.07) is 0. The minimum Gasteiger partial charge on any atom is -0.594 e. The topological polar surface area (TPSA) is 209 Å². The standard InChI is InChI=1S/3C14H22BNO5/c3*1-16-9-13(18)20-15(16,21-14(19)10-16)12(17)8-7-11-5-3-2-4-6-11/h3*11H,2-10H2,1H3. The quantitative estimate of drug-likeness (QED) is 0.258. The maximum Gasteiger partial charge on any atom is 0.649 e. The van der Waals surface area contributed by atoms with E-state index >= 15 is 0 Å². The second kappa shape index (κ2) is 18.4. The van der Waals surface area contributed by atoms with Crippen molar-refractivity contribution in [2.75, 3.05) is 60.4 Å². The largest absolute Gasteiger partial charge is 0.649 e. The van der Waals surface area contributed by atoms with Gasteiger partial charge in [0.25, 0.3) is 0 Å². The van der Waals surface area contributed by atoms with Crippen molar-refractivity contribution >= 4 is 72.9 Å². The maximum absolute atomic E-state index is 12.6. The summed E-state index contributed by atoms with van der Waals surface area (Å²) in [6.45, 7) is -7.20. The number of carbonyl (C=O) groups excluding carboxylic acids is 9. The summed E-state index contributed by atoms with van der Waals surface area (Å²) in [5.74, 6) is -0.973. The van der Waals surface area contributed by atoms with Gasteiger partial charge in [-0.05, 0) is 56.3 Å². The van der Waals surface area contributed by atoms with E-state index in [4.69, 9.17) is 27.9 Å². The van der Waals surface area contributed by atoms with E-state index in [0.717, 1.165) is 19.3 Å². The first-order valence-corrected chi connectivity index (χ1v) is 23.7. The van der Waals surface area contributed by atoms with E-state index in [-0.39, 0.29) is 69.5 Å². The van der Waals surface area contributed by atoms with Gasteiger partial charge in [-0.1, -0.05) is 96.3 Å². The van der Waals surface area contributed by atoms with Crippen LogP contribution in [0.25, 0.3) is 0 Å². The first kappa shape index (κ1) is 46.9. The van der Waals surface area contributed by atoms with E-state index < -0.39 is 55.9 Å². The monoisotopic (exact) mass is 885 g/mol. The number of likely N-dealkylation sites (N-methyl/N-ethyl adjacent to an activating group) is 3. The van der Waals surface area contributed by atoms with Crippen molar-refractivity contribution in [1.29, 1.82) is 0 Å². The molecule has 3 saturated carbocycles. The number of hydrogen-bond acceptors (Lipinski definition) is 15. The SMILES string of the molecule is C[N+]12CC(=O)O[B-]1(C(=O)CCC1CCCCC1)OC(=O)C2.C[N+]12CC(=O)O[B-]1(C(=O)CCC1CCCCC1)OC(=O)C2.C[N+]12CC(=O)O[B-]1(C(=O)CCC1CCCCC1)OC(=O)C2. The average Bonchev–Trinajstić information content (AvgIpc) is 3.96. The van der Waals surface area contributed by atoms with Crippen LogP contribution in [0.5, 0.6) is 0 Å². The zero-order chi connectivity index (χ0) is 45.3. The van der Waals surface area contributed by atoms with Crippen LogP contribution in [0.3, 0.4) is 0 Å². The molecule has 6 saturated heterocycles. The van der Waals surface area contributed by atoms with Crippen LogP contribution in [0.15, 0.2) is 0 Å². The van der Waals surface area contributed by atoms with Crippen LogP contribution in [-0.2, 0) is 71.1 Å². The Kier molecular flexibility index (Phi) is 13.7. The molecule has 18 nitrogen and oxygen atoms in total. The van der Waals surface area contributed by atoms with Gasteiger partial charge >= 0.3 is 55.9 Å². The van der Waals surface area contributed by atoms with Crippen molar-refractivity contribution in [3.8, 4) is 0 Å². The molecular formula is C42H66B3N3O15. The highest BCUT2D eigenvalue weighted by atomic mass is 16.7. The molecule has 0 unspecified atom stereocenters. The molecule has 21 heteroatoms. The Labute approximate surface area is 369 Å². The lowest BCUT2D eigenvalue weighted by Crippen LogP contribution is -2.65. The van der Waals surface area contributed by atoms with Gasteiger partial charge in [-0.3, -0.25) is 28.8 Å². The summed E-state index contributed by atoms with van der Waals surface area (Å²) >= 11 is 0. The second-order valence-electron chi connectivity index (χ2n) is 20.9. The number of carbonyl (C=O) groups is 9. The summed E-state index contributed by atoms with van der Waals surface area (Å²) in [5, 5.41) is 0. The first-order chi connectivity index (χ1) is 29.9. The molecule has 9 fully saturated rings. The third-order valence-electron chi connectivity index (χ3n) is 15.9. The lowest BCUT2D eigenvalue weighted by molar-refractivity contribution is -0.790. The van der Waals surface area contributed by atoms with Crippen LogP contribution in [0.1, 0.15) is 135 Å². The highest BCUT2D eigenvalue weighted by Crippen LogP contribution is 2.39. The molecule has 0 aromatic heterocycles. The Morgan fingerprint density at radius 2 is 0.571 bits per heavy atom. The van der Waals surface area contributed by atoms with Crippen LogP contribution < -0.4 is 0 Å². The zero-order valence-electron chi connectivity index (χ0n) is 37.5. The van der Waals surface area contributed by atoms with E-state index in [9.17, 15) is 43.2 Å². The molecule has 0 radical (unpaired) electrons. The summed E-state index contributed by atoms with van der Waals surface area (Å²) in [7, 11) is 5.11. The van der Waals surface area contributed by atoms with Gasteiger partial charge in [0.1, 0.15) is 56.3 Å². The Hall–Kier alpha value is -4.10. The molecule has 0 N–H and O–H groups in total. The van der Waals surface area contributed by atoms with Crippen molar-refractivity contribution in [2.45, 2.75) is 135 Å². The average molecular weight is 885 g/mol. The fraction of sp³-hybridized carbons (Fsp3) is 0.786. The molecule has 6 aliphatic heterocycles. The molecule has 0 aromatic carbocycles. The minimum atomic E-state index is -2.48. The highest BCUT2D eigenvalue weighted by Gasteiger charge is 2.71. The number of fused-ring (bicyclic) bond motifs is 3. The molecule has 3 aliphatic carbocycles. The highest BCUT2D eigenvalue weighted by molar-refractivity contribution is 6.96. The van der Waals surface area contributed by atoms with E-state index in [0.29, 0.717) is 37.0 Å². The van der Waals surface area contributed by atoms with Gasteiger partial charge in [-0.25, -0.2) is 0 Å². The molecular weight excluding hydrogens is 819 g/mol. The van der Waals surface area contributed by atoms with Crippen molar-refractivity contribution in [3.63, 3.8) is 0 Å². The van der Waals surface area contributed by atoms with Gasteiger partial charge in [0.05, 0.1) is 0 Å². The summed E-state index contributed by atoms with van der Waals surface area (Å²) in [5.41, 5.74) is -0.626. The number of nitrogens with zero attached hydrogens (tertiary/aromatic N) is 3. The van der Waals surface area contributed by atoms with Gasteiger partial charge in [-0.15, -0.1) is 0 Å². The van der Waals surface area contributed by atoms with Crippen LogP contribution in [0.2, 0.25) is 0 Å². The third-order valence-corrected chi connectivity index (χ3v) is 15.9. The molecule has 0 atom stereocenters. The fourth-order valence-electron chi connectivity index (χ4n) is 12.2. The Morgan fingerprint density at radius 1 is 0.381 bits per heavy atom. The van der Waals surface area contributed by atoms with E-state index in [1.807, 2.05) is 0 Å². The van der Waals surface area contributed by atoms with Crippen LogP contribution in [0.4, 0.5) is 0 Å². The van der Waals surface area contributed by atoms with Crippen LogP contribution in [-0.4, -0.2) is 147 Å². The molecule has 63 heavy (non-hydrogen) atoms. The Bertz CT molecular complexity index is 1610. The zero-order valence-corrected chi connectivity index (χ0v) is 37.5. The maximum atomic E-state index is 12.6. The third kappa shape index (κ3) is 9.25. The summed E-state index contributed by atoms with van der Waals surface area (Å²) in [6.07, 6.45) is 21.6. The van der Waals surface area contributed by atoms with Crippen LogP contribution >= 0.6 is 0 Å². The molecule has 9 aliphatic rings. The lowest BCUT2D eigenvalue weighted by Gasteiger charge is -2.38. The molecule has 0 amide bonds. The molecule has 9 rings (SSSR count). The van der Waals surface area contributed by atoms with Gasteiger partial charge in [0.15, 0.2) is 0 Å². The number of rotatable bonds is 12. The van der Waals surface area contributed by atoms with Gasteiger partial charge < -0.3 is 55.5 Å². The first-order valence-electron chi connectivity index (χ1n) is 23.7. The van der Waals surface area contributed by atoms with Crippen molar-refractivity contribution in [1.82, 2.24) is 0 Å². The number of hydrogen-bond donors (Lipinski definition) is 0. The second-order valence-corrected chi connectivity index (χ2v) is 20.9. The lowest BCUT2D eigenvalue weighted by atomic mass is 9.61. The van der Waals surface area contributed by atoms with E-state index in [1.54, 1.807) is 21.1 Å². The summed E-state index contributed by atoms with van der Waals surface area (Å²) in [4.78, 5) is 108. The van der Waals surface area contributed by atoms with Gasteiger partial charge in [-0.2, -0.15) is 0 Å². The van der Waals surface area contributed by atoms with Crippen molar-refractivity contribution in [2.24, 2.45) is 17.8 Å². The molecule has 348 valence electrons. The smallest absolute Gasteiger partial charge is 0.594 e. The predicted octanol–water partition coefficient (Wildman–Crippen LogP) is 2.86. The van der Waals surface area contributed by atoms with Gasteiger partial charge in [0.2, 0.25) is 0 Å². The molecule has 6 heterocycles. The summed E-state index contributed by atoms with van der Waals surface area (Å²) < 4.78 is 31.4. The van der Waals surface area contributed by atoms with Crippen molar-refractivity contribution in [3.05, 3.63) is 0 Å². The minimum absolute atomic E-state index is 0.0266. The van der Waals surface area contributed by atoms with E-state index in [1.165, 1.54) is 96.3 Å². The normalized spacial score (nSPS) is 36.2. The Balaban J connectivity index is 0.000000142. The van der Waals surface area contributed by atoms with Crippen LogP contribution in [0, 0.1) is 17.8 Å².